The molecular formula is C13H29N3O2. The topological polar surface area (TPSA) is 58.8 Å². The van der Waals surface area contributed by atoms with E-state index in [-0.39, 0.29) is 11.9 Å². The summed E-state index contributed by atoms with van der Waals surface area (Å²) in [6, 6.07) is 0.494. The van der Waals surface area contributed by atoms with E-state index >= 15 is 0 Å². The fourth-order valence-electron chi connectivity index (χ4n) is 1.91. The zero-order valence-electron chi connectivity index (χ0n) is 12.5. The highest BCUT2D eigenvalue weighted by atomic mass is 16.5. The minimum absolute atomic E-state index is 0.0880. The lowest BCUT2D eigenvalue weighted by atomic mass is 10.1. The number of nitrogens with zero attached hydrogens (tertiary/aromatic N) is 2. The number of rotatable bonds is 9. The maximum Gasteiger partial charge on any atom is 0.223 e. The van der Waals surface area contributed by atoms with Crippen molar-refractivity contribution in [1.29, 1.82) is 0 Å². The van der Waals surface area contributed by atoms with Gasteiger partial charge in [-0.15, -0.1) is 0 Å². The molecular weight excluding hydrogens is 230 g/mol. The monoisotopic (exact) mass is 259 g/mol. The molecule has 0 fully saturated rings. The van der Waals surface area contributed by atoms with E-state index in [0.29, 0.717) is 25.6 Å². The van der Waals surface area contributed by atoms with Crippen molar-refractivity contribution in [2.45, 2.75) is 38.8 Å². The summed E-state index contributed by atoms with van der Waals surface area (Å²) in [7, 11) is 5.24. The number of methoxy groups -OCH3 is 1. The van der Waals surface area contributed by atoms with Crippen molar-refractivity contribution < 1.29 is 9.53 Å². The SMILES string of the molecule is CCC(C)N(CCOC)C(CN)CC(=O)N(C)C. The molecule has 0 spiro atoms. The molecule has 5 heteroatoms. The zero-order chi connectivity index (χ0) is 14.1. The highest BCUT2D eigenvalue weighted by molar-refractivity contribution is 5.76. The van der Waals surface area contributed by atoms with E-state index < -0.39 is 0 Å². The Balaban J connectivity index is 4.63. The second-order valence-corrected chi connectivity index (χ2v) is 4.87. The third-order valence-electron chi connectivity index (χ3n) is 3.36. The summed E-state index contributed by atoms with van der Waals surface area (Å²) in [5.41, 5.74) is 5.83. The smallest absolute Gasteiger partial charge is 0.223 e. The highest BCUT2D eigenvalue weighted by Crippen LogP contribution is 2.12. The Bertz CT molecular complexity index is 234. The summed E-state index contributed by atoms with van der Waals surface area (Å²) >= 11 is 0. The van der Waals surface area contributed by atoms with Gasteiger partial charge < -0.3 is 15.4 Å². The third-order valence-corrected chi connectivity index (χ3v) is 3.36. The normalized spacial score (nSPS) is 14.6. The van der Waals surface area contributed by atoms with E-state index in [4.69, 9.17) is 10.5 Å². The van der Waals surface area contributed by atoms with E-state index in [1.807, 2.05) is 0 Å². The van der Waals surface area contributed by atoms with E-state index in [9.17, 15) is 4.79 Å². The van der Waals surface area contributed by atoms with Crippen molar-refractivity contribution in [2.24, 2.45) is 5.73 Å². The molecule has 2 N–H and O–H groups in total. The van der Waals surface area contributed by atoms with Crippen molar-refractivity contribution in [3.8, 4) is 0 Å². The van der Waals surface area contributed by atoms with Gasteiger partial charge in [-0.3, -0.25) is 9.69 Å². The van der Waals surface area contributed by atoms with Crippen LogP contribution in [0.25, 0.3) is 0 Å². The van der Waals surface area contributed by atoms with Gasteiger partial charge in [0.25, 0.3) is 0 Å². The van der Waals surface area contributed by atoms with Crippen LogP contribution >= 0.6 is 0 Å². The Morgan fingerprint density at radius 1 is 1.39 bits per heavy atom. The average Bonchev–Trinajstić information content (AvgIpc) is 2.36. The Morgan fingerprint density at radius 3 is 2.39 bits per heavy atom. The standard InChI is InChI=1S/C13H29N3O2/c1-6-11(2)16(7-8-18-5)12(10-14)9-13(17)15(3)4/h11-12H,6-10,14H2,1-5H3. The Kier molecular flexibility index (Phi) is 8.97. The Morgan fingerprint density at radius 2 is 2.00 bits per heavy atom. The van der Waals surface area contributed by atoms with E-state index in [0.717, 1.165) is 13.0 Å². The molecule has 0 aliphatic heterocycles. The van der Waals surface area contributed by atoms with Gasteiger partial charge in [-0.25, -0.2) is 0 Å². The molecule has 0 bridgehead atoms. The molecule has 108 valence electrons. The largest absolute Gasteiger partial charge is 0.383 e. The quantitative estimate of drug-likeness (QED) is 0.656. The zero-order valence-corrected chi connectivity index (χ0v) is 12.5. The first-order valence-corrected chi connectivity index (χ1v) is 6.62. The number of ether oxygens (including phenoxy) is 1. The first-order valence-electron chi connectivity index (χ1n) is 6.62. The van der Waals surface area contributed by atoms with E-state index in [1.165, 1.54) is 0 Å². The number of nitrogens with two attached hydrogens (primary N) is 1. The van der Waals surface area contributed by atoms with Gasteiger partial charge in [-0.05, 0) is 13.3 Å². The molecule has 0 saturated heterocycles. The molecule has 18 heavy (non-hydrogen) atoms. The molecule has 0 radical (unpaired) electrons. The van der Waals surface area contributed by atoms with Crippen LogP contribution < -0.4 is 5.73 Å². The first kappa shape index (κ1) is 17.4. The van der Waals surface area contributed by atoms with Crippen LogP contribution in [-0.4, -0.2) is 68.7 Å². The maximum absolute atomic E-state index is 11.8. The molecule has 0 aliphatic rings. The van der Waals surface area contributed by atoms with E-state index in [2.05, 4.69) is 18.7 Å². The predicted octanol–water partition coefficient (Wildman–Crippen LogP) is 0.539. The van der Waals surface area contributed by atoms with Gasteiger partial charge in [-0.1, -0.05) is 6.92 Å². The number of carbonyl (C=O) groups excluding carboxylic acids is 1. The Labute approximate surface area is 111 Å². The number of hydrogen-bond donors (Lipinski definition) is 1. The van der Waals surface area contributed by atoms with Crippen LogP contribution in [0.3, 0.4) is 0 Å². The van der Waals surface area contributed by atoms with Crippen LogP contribution in [0.1, 0.15) is 26.7 Å². The molecule has 0 aromatic heterocycles. The molecule has 1 amide bonds. The van der Waals surface area contributed by atoms with Gasteiger partial charge in [0.05, 0.1) is 6.61 Å². The fourth-order valence-corrected chi connectivity index (χ4v) is 1.91. The lowest BCUT2D eigenvalue weighted by Crippen LogP contribution is -2.49. The first-order chi connectivity index (χ1) is 8.47. The number of hydrogen-bond acceptors (Lipinski definition) is 4. The van der Waals surface area contributed by atoms with Gasteiger partial charge in [0.2, 0.25) is 5.91 Å². The molecule has 5 nitrogen and oxygen atoms in total. The Hall–Kier alpha value is -0.650. The van der Waals surface area contributed by atoms with Crippen LogP contribution in [0, 0.1) is 0 Å². The number of carbonyl (C=O) groups is 1. The summed E-state index contributed by atoms with van der Waals surface area (Å²) in [6.45, 7) is 6.28. The number of amides is 1. The average molecular weight is 259 g/mol. The van der Waals surface area contributed by atoms with Crippen molar-refractivity contribution in [1.82, 2.24) is 9.80 Å². The maximum atomic E-state index is 11.8. The van der Waals surface area contributed by atoms with E-state index in [1.54, 1.807) is 26.1 Å². The van der Waals surface area contributed by atoms with Gasteiger partial charge in [0.15, 0.2) is 0 Å². The van der Waals surface area contributed by atoms with Crippen LogP contribution in [0.4, 0.5) is 0 Å². The van der Waals surface area contributed by atoms with Gasteiger partial charge in [0.1, 0.15) is 0 Å². The summed E-state index contributed by atoms with van der Waals surface area (Å²) in [4.78, 5) is 15.7. The minimum atomic E-state index is 0.0880. The second-order valence-electron chi connectivity index (χ2n) is 4.87. The molecule has 0 aromatic carbocycles. The molecule has 0 heterocycles. The predicted molar refractivity (Wildman–Crippen MR) is 74.5 cm³/mol. The van der Waals surface area contributed by atoms with Crippen molar-refractivity contribution in [3.05, 3.63) is 0 Å². The summed E-state index contributed by atoms with van der Waals surface area (Å²) in [5, 5.41) is 0. The van der Waals surface area contributed by atoms with Crippen molar-refractivity contribution in [3.63, 3.8) is 0 Å². The third kappa shape index (κ3) is 5.80. The molecule has 2 unspecified atom stereocenters. The summed E-state index contributed by atoms with van der Waals surface area (Å²) in [5.74, 6) is 0.121. The summed E-state index contributed by atoms with van der Waals surface area (Å²) < 4.78 is 5.14. The van der Waals surface area contributed by atoms with Gasteiger partial charge >= 0.3 is 0 Å². The summed E-state index contributed by atoms with van der Waals surface area (Å²) in [6.07, 6.45) is 1.51. The van der Waals surface area contributed by atoms with Crippen molar-refractivity contribution >= 4 is 5.91 Å². The van der Waals surface area contributed by atoms with Crippen molar-refractivity contribution in [2.75, 3.05) is 40.9 Å². The fraction of sp³-hybridized carbons (Fsp3) is 0.923. The second kappa shape index (κ2) is 9.30. The molecule has 0 aliphatic carbocycles. The van der Waals surface area contributed by atoms with Gasteiger partial charge in [0, 0.05) is 52.8 Å². The van der Waals surface area contributed by atoms with Crippen LogP contribution in [-0.2, 0) is 9.53 Å². The lowest BCUT2D eigenvalue weighted by Gasteiger charge is -2.35. The molecule has 2 atom stereocenters. The van der Waals surface area contributed by atoms with Crippen LogP contribution in [0.5, 0.6) is 0 Å². The van der Waals surface area contributed by atoms with Crippen LogP contribution in [0.2, 0.25) is 0 Å². The van der Waals surface area contributed by atoms with Gasteiger partial charge in [-0.2, -0.15) is 0 Å². The molecule has 0 saturated carbocycles. The molecule has 0 rings (SSSR count). The van der Waals surface area contributed by atoms with Crippen LogP contribution in [0.15, 0.2) is 0 Å². The highest BCUT2D eigenvalue weighted by Gasteiger charge is 2.24. The lowest BCUT2D eigenvalue weighted by molar-refractivity contribution is -0.130. The minimum Gasteiger partial charge on any atom is -0.383 e. The molecule has 0 aromatic rings.